The highest BCUT2D eigenvalue weighted by Gasteiger charge is 2.39. The second-order valence-electron chi connectivity index (χ2n) is 3.54. The molecule has 0 aromatic heterocycles. The van der Waals surface area contributed by atoms with E-state index >= 15 is 0 Å². The van der Waals surface area contributed by atoms with Crippen molar-refractivity contribution in [2.24, 2.45) is 17.7 Å². The van der Waals surface area contributed by atoms with Gasteiger partial charge in [-0.1, -0.05) is 0 Å². The van der Waals surface area contributed by atoms with Crippen LogP contribution in [-0.2, 0) is 11.3 Å². The standard InChI is InChI=1S/C6H13N3O2S/c7-8-1-5-3-9(12(10)11)4-6(5)2-8/h5-6H,1-4,7H2,(H,10,11)/p-1. The van der Waals surface area contributed by atoms with Gasteiger partial charge in [-0.25, -0.2) is 9.31 Å². The zero-order valence-electron chi connectivity index (χ0n) is 6.68. The maximum atomic E-state index is 10.6. The molecular weight excluding hydrogens is 178 g/mol. The molecule has 3 unspecified atom stereocenters. The van der Waals surface area contributed by atoms with Crippen molar-refractivity contribution in [2.45, 2.75) is 0 Å². The highest BCUT2D eigenvalue weighted by Crippen LogP contribution is 2.29. The van der Waals surface area contributed by atoms with Gasteiger partial charge in [0.15, 0.2) is 0 Å². The average Bonchev–Trinajstić information content (AvgIpc) is 2.42. The van der Waals surface area contributed by atoms with Crippen molar-refractivity contribution in [3.63, 3.8) is 0 Å². The Bertz CT molecular complexity index is 199. The third kappa shape index (κ3) is 1.40. The summed E-state index contributed by atoms with van der Waals surface area (Å²) < 4.78 is 22.7. The molecule has 0 aliphatic carbocycles. The Labute approximate surface area is 73.9 Å². The van der Waals surface area contributed by atoms with Crippen LogP contribution in [0.3, 0.4) is 0 Å². The number of fused-ring (bicyclic) bond motifs is 1. The van der Waals surface area contributed by atoms with Crippen molar-refractivity contribution in [2.75, 3.05) is 26.2 Å². The number of hydrogen-bond donors (Lipinski definition) is 1. The molecule has 0 saturated carbocycles. The summed E-state index contributed by atoms with van der Waals surface area (Å²) in [6, 6.07) is 0. The summed E-state index contributed by atoms with van der Waals surface area (Å²) in [5.74, 6) is 6.51. The van der Waals surface area contributed by atoms with Gasteiger partial charge >= 0.3 is 0 Å². The van der Waals surface area contributed by atoms with Crippen molar-refractivity contribution < 1.29 is 8.76 Å². The first-order valence-corrected chi connectivity index (χ1v) is 5.04. The fourth-order valence-corrected chi connectivity index (χ4v) is 2.73. The lowest BCUT2D eigenvalue weighted by molar-refractivity contribution is 0.304. The van der Waals surface area contributed by atoms with E-state index in [0.717, 1.165) is 13.1 Å². The van der Waals surface area contributed by atoms with Crippen molar-refractivity contribution in [3.05, 3.63) is 0 Å². The largest absolute Gasteiger partial charge is 0.760 e. The summed E-state index contributed by atoms with van der Waals surface area (Å²) in [7, 11) is 0. The Morgan fingerprint density at radius 3 is 2.17 bits per heavy atom. The van der Waals surface area contributed by atoms with Crippen LogP contribution in [0.25, 0.3) is 0 Å². The maximum Gasteiger partial charge on any atom is 0.0209 e. The van der Waals surface area contributed by atoms with Gasteiger partial charge in [0.25, 0.3) is 0 Å². The molecular formula is C6H12N3O2S-. The number of nitrogens with two attached hydrogens (primary N) is 1. The van der Waals surface area contributed by atoms with Crippen LogP contribution in [-0.4, -0.2) is 44.3 Å². The van der Waals surface area contributed by atoms with E-state index in [4.69, 9.17) is 5.84 Å². The normalized spacial score (nSPS) is 40.2. The number of rotatable bonds is 1. The van der Waals surface area contributed by atoms with Crippen LogP contribution in [0.5, 0.6) is 0 Å². The minimum absolute atomic E-state index is 0.452. The van der Waals surface area contributed by atoms with Gasteiger partial charge in [0, 0.05) is 37.4 Å². The van der Waals surface area contributed by atoms with E-state index in [1.807, 2.05) is 0 Å². The lowest BCUT2D eigenvalue weighted by Crippen LogP contribution is -2.33. The summed E-state index contributed by atoms with van der Waals surface area (Å²) in [6.07, 6.45) is 0. The molecule has 3 atom stereocenters. The first-order valence-electron chi connectivity index (χ1n) is 4.01. The molecule has 0 spiro atoms. The molecule has 2 fully saturated rings. The van der Waals surface area contributed by atoms with E-state index in [1.165, 1.54) is 4.31 Å². The van der Waals surface area contributed by atoms with Gasteiger partial charge in [0.2, 0.25) is 0 Å². The first kappa shape index (κ1) is 8.58. The van der Waals surface area contributed by atoms with Crippen molar-refractivity contribution in [3.8, 4) is 0 Å². The van der Waals surface area contributed by atoms with Crippen LogP contribution >= 0.6 is 0 Å². The van der Waals surface area contributed by atoms with Crippen LogP contribution < -0.4 is 5.84 Å². The van der Waals surface area contributed by atoms with Crippen LogP contribution in [0, 0.1) is 11.8 Å². The van der Waals surface area contributed by atoms with Gasteiger partial charge in [-0.15, -0.1) is 0 Å². The Kier molecular flexibility index (Phi) is 2.18. The van der Waals surface area contributed by atoms with Crippen LogP contribution in [0.1, 0.15) is 0 Å². The molecule has 0 radical (unpaired) electrons. The SMILES string of the molecule is NN1CC2CN(S(=O)[O-])CC2C1. The first-order chi connectivity index (χ1) is 5.66. The number of hydrazine groups is 1. The Balaban J connectivity index is 1.98. The second-order valence-corrected chi connectivity index (χ2v) is 4.49. The highest BCUT2D eigenvalue weighted by molar-refractivity contribution is 7.76. The van der Waals surface area contributed by atoms with Gasteiger partial charge in [-0.3, -0.25) is 10.1 Å². The molecule has 2 N–H and O–H groups in total. The van der Waals surface area contributed by atoms with Crippen molar-refractivity contribution in [1.82, 2.24) is 9.31 Å². The van der Waals surface area contributed by atoms with E-state index in [0.29, 0.717) is 24.9 Å². The molecule has 2 aliphatic heterocycles. The van der Waals surface area contributed by atoms with Gasteiger partial charge in [0.1, 0.15) is 0 Å². The zero-order valence-corrected chi connectivity index (χ0v) is 7.50. The van der Waals surface area contributed by atoms with Crippen LogP contribution in [0.15, 0.2) is 0 Å². The van der Waals surface area contributed by atoms with Crippen LogP contribution in [0.2, 0.25) is 0 Å². The second kappa shape index (κ2) is 3.04. The monoisotopic (exact) mass is 190 g/mol. The molecule has 0 aromatic rings. The predicted molar refractivity (Wildman–Crippen MR) is 43.2 cm³/mol. The molecule has 6 heteroatoms. The summed E-state index contributed by atoms with van der Waals surface area (Å²) in [6.45, 7) is 2.96. The van der Waals surface area contributed by atoms with Crippen molar-refractivity contribution >= 4 is 11.3 Å². The molecule has 2 rings (SSSR count). The van der Waals surface area contributed by atoms with Crippen molar-refractivity contribution in [1.29, 1.82) is 0 Å². The summed E-state index contributed by atoms with van der Waals surface area (Å²) in [5, 5.41) is 1.78. The maximum absolute atomic E-state index is 10.6. The average molecular weight is 190 g/mol. The predicted octanol–water partition coefficient (Wildman–Crippen LogP) is -1.48. The molecule has 5 nitrogen and oxygen atoms in total. The summed E-state index contributed by atoms with van der Waals surface area (Å²) >= 11 is -2.04. The van der Waals surface area contributed by atoms with E-state index in [2.05, 4.69) is 0 Å². The fraction of sp³-hybridized carbons (Fsp3) is 1.00. The highest BCUT2D eigenvalue weighted by atomic mass is 32.2. The molecule has 2 aliphatic rings. The molecule has 2 saturated heterocycles. The molecule has 12 heavy (non-hydrogen) atoms. The number of nitrogens with zero attached hydrogens (tertiary/aromatic N) is 2. The van der Waals surface area contributed by atoms with Gasteiger partial charge in [-0.05, 0) is 11.8 Å². The Hall–Kier alpha value is -0.0100. The Morgan fingerprint density at radius 2 is 1.75 bits per heavy atom. The lowest BCUT2D eigenvalue weighted by atomic mass is 10.0. The summed E-state index contributed by atoms with van der Waals surface area (Å²) in [5.41, 5.74) is 0. The molecule has 0 bridgehead atoms. The van der Waals surface area contributed by atoms with E-state index in [9.17, 15) is 8.76 Å². The zero-order chi connectivity index (χ0) is 8.72. The van der Waals surface area contributed by atoms with E-state index < -0.39 is 11.3 Å². The summed E-state index contributed by atoms with van der Waals surface area (Å²) in [4.78, 5) is 0. The minimum atomic E-state index is -2.04. The Morgan fingerprint density at radius 1 is 1.25 bits per heavy atom. The molecule has 2 heterocycles. The minimum Gasteiger partial charge on any atom is -0.760 e. The topological polar surface area (TPSA) is 72.6 Å². The van der Waals surface area contributed by atoms with Gasteiger partial charge in [0.05, 0.1) is 0 Å². The van der Waals surface area contributed by atoms with Gasteiger partial charge < -0.3 is 4.55 Å². The molecule has 70 valence electrons. The van der Waals surface area contributed by atoms with Gasteiger partial charge in [-0.2, -0.15) is 0 Å². The molecule has 0 aromatic carbocycles. The smallest absolute Gasteiger partial charge is 0.0209 e. The molecule has 0 amide bonds. The third-order valence-electron chi connectivity index (χ3n) is 2.69. The third-order valence-corrected chi connectivity index (χ3v) is 3.41. The quantitative estimate of drug-likeness (QED) is 0.404. The van der Waals surface area contributed by atoms with Crippen LogP contribution in [0.4, 0.5) is 0 Å². The fourth-order valence-electron chi connectivity index (χ4n) is 2.11. The van der Waals surface area contributed by atoms with E-state index in [1.54, 1.807) is 5.01 Å². The van der Waals surface area contributed by atoms with E-state index in [-0.39, 0.29) is 0 Å². The number of hydrogen-bond acceptors (Lipinski definition) is 4. The lowest BCUT2D eigenvalue weighted by Gasteiger charge is -2.20.